The zero-order valence-electron chi connectivity index (χ0n) is 18.0. The molecule has 4 rings (SSSR count). The molecule has 1 aliphatic rings. The van der Waals surface area contributed by atoms with E-state index in [0.717, 1.165) is 28.1 Å². The largest absolute Gasteiger partial charge is 0.497 e. The van der Waals surface area contributed by atoms with Gasteiger partial charge in [-0.1, -0.05) is 41.0 Å². The molecule has 1 atom stereocenters. The van der Waals surface area contributed by atoms with Crippen LogP contribution in [0.25, 0.3) is 17.0 Å². The van der Waals surface area contributed by atoms with Gasteiger partial charge in [0.1, 0.15) is 5.75 Å². The maximum Gasteiger partial charge on any atom is 0.258 e. The fourth-order valence-electron chi connectivity index (χ4n) is 3.66. The highest BCUT2D eigenvalue weighted by Gasteiger charge is 2.34. The Hall–Kier alpha value is -2.94. The molecule has 1 aromatic heterocycles. The first-order valence-corrected chi connectivity index (χ1v) is 10.8. The lowest BCUT2D eigenvalue weighted by atomic mass is 9.95. The number of hydrogen-bond donors (Lipinski definition) is 1. The summed E-state index contributed by atoms with van der Waals surface area (Å²) in [6.45, 7) is 3.11. The number of ether oxygens (including phenoxy) is 2. The SMILES string of the molecule is COCCN1C(=S)NC(c2cccc(Cl)c2)C(c2nc(-c3cccc(OC)c3)no2)=C1C. The van der Waals surface area contributed by atoms with E-state index < -0.39 is 0 Å². The third kappa shape index (κ3) is 4.48. The standard InChI is InChI=1S/C23H23ClN4O3S/c1-14-19(22-26-21(27-31-22)16-7-5-9-18(13-16)30-3)20(15-6-4-8-17(24)12-15)25-23(32)28(14)10-11-29-2/h4-9,12-13,20H,10-11H2,1-3H3,(H,25,32). The first-order chi connectivity index (χ1) is 15.5. The van der Waals surface area contributed by atoms with Crippen LogP contribution in [0.5, 0.6) is 5.75 Å². The number of rotatable bonds is 7. The van der Waals surface area contributed by atoms with E-state index in [4.69, 9.17) is 42.8 Å². The number of nitrogens with one attached hydrogen (secondary N) is 1. The summed E-state index contributed by atoms with van der Waals surface area (Å²) in [5, 5.41) is 8.85. The van der Waals surface area contributed by atoms with E-state index in [1.165, 1.54) is 0 Å². The lowest BCUT2D eigenvalue weighted by Crippen LogP contribution is -2.47. The molecule has 0 saturated carbocycles. The van der Waals surface area contributed by atoms with Gasteiger partial charge >= 0.3 is 0 Å². The molecule has 2 heterocycles. The summed E-state index contributed by atoms with van der Waals surface area (Å²) in [7, 11) is 3.28. The molecule has 9 heteroatoms. The molecule has 1 N–H and O–H groups in total. The van der Waals surface area contributed by atoms with Crippen LogP contribution < -0.4 is 10.1 Å². The third-order valence-corrected chi connectivity index (χ3v) is 5.86. The van der Waals surface area contributed by atoms with E-state index in [-0.39, 0.29) is 6.04 Å². The highest BCUT2D eigenvalue weighted by molar-refractivity contribution is 7.80. The number of thiocarbonyl (C=S) groups is 1. The van der Waals surface area contributed by atoms with Crippen molar-refractivity contribution in [2.75, 3.05) is 27.4 Å². The van der Waals surface area contributed by atoms with Crippen molar-refractivity contribution >= 4 is 34.5 Å². The van der Waals surface area contributed by atoms with Gasteiger partial charge in [-0.25, -0.2) is 0 Å². The topological polar surface area (TPSA) is 72.7 Å². The number of halogens is 1. The van der Waals surface area contributed by atoms with Crippen molar-refractivity contribution in [1.82, 2.24) is 20.4 Å². The van der Waals surface area contributed by atoms with Gasteiger partial charge in [-0.2, -0.15) is 4.98 Å². The fourth-order valence-corrected chi connectivity index (χ4v) is 4.20. The number of allylic oxidation sites excluding steroid dienone is 1. The Kier molecular flexibility index (Phi) is 6.74. The molecule has 0 bridgehead atoms. The Morgan fingerprint density at radius 2 is 2.00 bits per heavy atom. The van der Waals surface area contributed by atoms with Crippen LogP contribution in [0.4, 0.5) is 0 Å². The van der Waals surface area contributed by atoms with Gasteiger partial charge in [-0.15, -0.1) is 0 Å². The van der Waals surface area contributed by atoms with Crippen LogP contribution in [-0.4, -0.2) is 47.5 Å². The first kappa shape index (κ1) is 22.3. The molecular formula is C23H23ClN4O3S. The van der Waals surface area contributed by atoms with Gasteiger partial charge < -0.3 is 24.2 Å². The number of nitrogens with zero attached hydrogens (tertiary/aromatic N) is 3. The normalized spacial score (nSPS) is 16.3. The van der Waals surface area contributed by atoms with Crippen molar-refractivity contribution in [1.29, 1.82) is 0 Å². The molecule has 1 unspecified atom stereocenters. The molecule has 1 aliphatic heterocycles. The van der Waals surface area contributed by atoms with E-state index in [1.807, 2.05) is 60.4 Å². The van der Waals surface area contributed by atoms with Gasteiger partial charge in [0.15, 0.2) is 5.11 Å². The average molecular weight is 471 g/mol. The van der Waals surface area contributed by atoms with E-state index in [2.05, 4.69) is 10.5 Å². The molecule has 0 amide bonds. The second kappa shape index (κ2) is 9.68. The second-order valence-corrected chi connectivity index (χ2v) is 8.06. The highest BCUT2D eigenvalue weighted by Crippen LogP contribution is 2.38. The summed E-state index contributed by atoms with van der Waals surface area (Å²) in [5.41, 5.74) is 3.49. The van der Waals surface area contributed by atoms with Crippen LogP contribution in [-0.2, 0) is 4.74 Å². The van der Waals surface area contributed by atoms with Crippen molar-refractivity contribution in [2.24, 2.45) is 0 Å². The van der Waals surface area contributed by atoms with Gasteiger partial charge in [0, 0.05) is 29.9 Å². The summed E-state index contributed by atoms with van der Waals surface area (Å²) >= 11 is 11.9. The molecule has 166 valence electrons. The molecule has 0 aliphatic carbocycles. The number of hydrogen-bond acceptors (Lipinski definition) is 6. The Balaban J connectivity index is 1.80. The molecule has 7 nitrogen and oxygen atoms in total. The molecular weight excluding hydrogens is 448 g/mol. The molecule has 0 fully saturated rings. The lowest BCUT2D eigenvalue weighted by Gasteiger charge is -2.37. The minimum Gasteiger partial charge on any atom is -0.497 e. The van der Waals surface area contributed by atoms with E-state index in [0.29, 0.717) is 35.0 Å². The van der Waals surface area contributed by atoms with E-state index in [9.17, 15) is 0 Å². The van der Waals surface area contributed by atoms with Crippen molar-refractivity contribution in [3.63, 3.8) is 0 Å². The predicted molar refractivity (Wildman–Crippen MR) is 127 cm³/mol. The minimum atomic E-state index is -0.293. The van der Waals surface area contributed by atoms with Crippen molar-refractivity contribution in [2.45, 2.75) is 13.0 Å². The summed E-state index contributed by atoms with van der Waals surface area (Å²) in [6, 6.07) is 14.9. The Bertz CT molecular complexity index is 1160. The summed E-state index contributed by atoms with van der Waals surface area (Å²) in [6.07, 6.45) is 0. The number of benzene rings is 2. The van der Waals surface area contributed by atoms with Gasteiger partial charge in [0.25, 0.3) is 5.89 Å². The van der Waals surface area contributed by atoms with Crippen molar-refractivity contribution in [3.8, 4) is 17.1 Å². The lowest BCUT2D eigenvalue weighted by molar-refractivity contribution is 0.183. The quantitative estimate of drug-likeness (QED) is 0.498. The minimum absolute atomic E-state index is 0.293. The summed E-state index contributed by atoms with van der Waals surface area (Å²) < 4.78 is 16.3. The maximum atomic E-state index is 6.27. The highest BCUT2D eigenvalue weighted by atomic mass is 35.5. The van der Waals surface area contributed by atoms with Crippen LogP contribution in [0, 0.1) is 0 Å². The maximum absolute atomic E-state index is 6.27. The van der Waals surface area contributed by atoms with E-state index in [1.54, 1.807) is 14.2 Å². The first-order valence-electron chi connectivity index (χ1n) is 10.0. The van der Waals surface area contributed by atoms with E-state index >= 15 is 0 Å². The summed E-state index contributed by atoms with van der Waals surface area (Å²) in [4.78, 5) is 6.68. The number of aromatic nitrogens is 2. The van der Waals surface area contributed by atoms with Crippen LogP contribution in [0.2, 0.25) is 5.02 Å². The number of methoxy groups -OCH3 is 2. The predicted octanol–water partition coefficient (Wildman–Crippen LogP) is 4.71. The smallest absolute Gasteiger partial charge is 0.258 e. The molecule has 32 heavy (non-hydrogen) atoms. The van der Waals surface area contributed by atoms with Gasteiger partial charge in [0.2, 0.25) is 5.82 Å². The van der Waals surface area contributed by atoms with Gasteiger partial charge in [0.05, 0.1) is 25.3 Å². The molecule has 0 spiro atoms. The summed E-state index contributed by atoms with van der Waals surface area (Å²) in [5.74, 6) is 1.60. The monoisotopic (exact) mass is 470 g/mol. The fraction of sp³-hybridized carbons (Fsp3) is 0.261. The van der Waals surface area contributed by atoms with Gasteiger partial charge in [-0.3, -0.25) is 0 Å². The molecule has 0 radical (unpaired) electrons. The molecule has 0 saturated heterocycles. The average Bonchev–Trinajstić information content (AvgIpc) is 3.28. The second-order valence-electron chi connectivity index (χ2n) is 7.24. The van der Waals surface area contributed by atoms with Crippen LogP contribution in [0.3, 0.4) is 0 Å². The zero-order chi connectivity index (χ0) is 22.7. The van der Waals surface area contributed by atoms with Crippen LogP contribution in [0.15, 0.2) is 58.8 Å². The van der Waals surface area contributed by atoms with Gasteiger partial charge in [-0.05, 0) is 49.0 Å². The molecule has 3 aromatic rings. The van der Waals surface area contributed by atoms with Crippen molar-refractivity contribution < 1.29 is 14.0 Å². The zero-order valence-corrected chi connectivity index (χ0v) is 19.5. The Morgan fingerprint density at radius 1 is 1.19 bits per heavy atom. The Morgan fingerprint density at radius 3 is 2.75 bits per heavy atom. The third-order valence-electron chi connectivity index (χ3n) is 5.28. The van der Waals surface area contributed by atoms with Crippen LogP contribution in [0.1, 0.15) is 24.4 Å². The van der Waals surface area contributed by atoms with Crippen molar-refractivity contribution in [3.05, 3.63) is 70.7 Å². The van der Waals surface area contributed by atoms with Crippen LogP contribution >= 0.6 is 23.8 Å². The molecule has 2 aromatic carbocycles. The Labute approximate surface area is 197 Å².